The first-order valence-corrected chi connectivity index (χ1v) is 13.4. The van der Waals surface area contributed by atoms with E-state index in [1.165, 1.54) is 29.9 Å². The number of methoxy groups -OCH3 is 1. The van der Waals surface area contributed by atoms with Crippen molar-refractivity contribution in [2.75, 3.05) is 31.7 Å². The smallest absolute Gasteiger partial charge is 0.338 e. The van der Waals surface area contributed by atoms with Crippen molar-refractivity contribution in [3.8, 4) is 5.75 Å². The highest BCUT2D eigenvalue weighted by Crippen LogP contribution is 2.31. The maximum atomic E-state index is 13.8. The Morgan fingerprint density at radius 2 is 1.86 bits per heavy atom. The van der Waals surface area contributed by atoms with Gasteiger partial charge in [-0.15, -0.1) is 0 Å². The van der Waals surface area contributed by atoms with Gasteiger partial charge < -0.3 is 14.4 Å². The highest BCUT2D eigenvalue weighted by Gasteiger charge is 2.33. The Balaban J connectivity index is 1.63. The second-order valence-electron chi connectivity index (χ2n) is 9.31. The lowest BCUT2D eigenvalue weighted by atomic mass is 9.96. The SMILES string of the molecule is CCOC(=O)C1=C(C)N=c2s/c(=C/c3ccc(N4CCCC4)cc3C)c(=O)n2[C@@H]1c1ccc(OC)cc1. The quantitative estimate of drug-likeness (QED) is 0.466. The molecule has 5 rings (SSSR count). The standard InChI is InChI=1S/C29H31N3O4S/c1-5-36-28(34)25-19(3)30-29-32(26(25)20-9-12-23(35-4)13-10-20)27(33)24(37-29)17-21-8-11-22(16-18(21)2)31-14-6-7-15-31/h8-13,16-17,26H,5-7,14-15H2,1-4H3/b24-17+/t26-/m1/s1. The number of rotatable bonds is 6. The predicted molar refractivity (Wildman–Crippen MR) is 146 cm³/mol. The monoisotopic (exact) mass is 517 g/mol. The van der Waals surface area contributed by atoms with Gasteiger partial charge in [-0.2, -0.15) is 0 Å². The predicted octanol–water partition coefficient (Wildman–Crippen LogP) is 3.72. The maximum absolute atomic E-state index is 13.8. The van der Waals surface area contributed by atoms with Gasteiger partial charge in [-0.05, 0) is 80.6 Å². The second kappa shape index (κ2) is 10.4. The molecule has 1 saturated heterocycles. The van der Waals surface area contributed by atoms with Gasteiger partial charge in [0.25, 0.3) is 5.56 Å². The van der Waals surface area contributed by atoms with E-state index < -0.39 is 12.0 Å². The van der Waals surface area contributed by atoms with E-state index in [9.17, 15) is 9.59 Å². The minimum atomic E-state index is -0.637. The summed E-state index contributed by atoms with van der Waals surface area (Å²) in [5, 5.41) is 0. The molecule has 0 radical (unpaired) electrons. The van der Waals surface area contributed by atoms with Gasteiger partial charge in [0.2, 0.25) is 0 Å². The molecule has 0 N–H and O–H groups in total. The Bertz CT molecular complexity index is 1540. The van der Waals surface area contributed by atoms with Crippen LogP contribution in [0.2, 0.25) is 0 Å². The van der Waals surface area contributed by atoms with E-state index >= 15 is 0 Å². The number of benzene rings is 2. The van der Waals surface area contributed by atoms with Gasteiger partial charge >= 0.3 is 5.97 Å². The molecule has 1 fully saturated rings. The zero-order chi connectivity index (χ0) is 26.1. The molecule has 2 aromatic carbocycles. The number of allylic oxidation sites excluding steroid dienone is 1. The van der Waals surface area contributed by atoms with Crippen LogP contribution in [0, 0.1) is 6.92 Å². The molecule has 0 amide bonds. The van der Waals surface area contributed by atoms with Crippen molar-refractivity contribution in [2.24, 2.45) is 4.99 Å². The highest BCUT2D eigenvalue weighted by atomic mass is 32.1. The molecule has 1 atom stereocenters. The van der Waals surface area contributed by atoms with Crippen molar-refractivity contribution >= 4 is 29.1 Å². The number of thiazole rings is 1. The molecule has 0 saturated carbocycles. The van der Waals surface area contributed by atoms with Gasteiger partial charge in [0.15, 0.2) is 4.80 Å². The number of aromatic nitrogens is 1. The first-order chi connectivity index (χ1) is 17.9. The van der Waals surface area contributed by atoms with Crippen LogP contribution in [0.1, 0.15) is 49.4 Å². The molecule has 0 spiro atoms. The van der Waals surface area contributed by atoms with Gasteiger partial charge in [-0.25, -0.2) is 9.79 Å². The Kier molecular flexibility index (Phi) is 7.02. The molecule has 8 heteroatoms. The van der Waals surface area contributed by atoms with Crippen LogP contribution in [0.15, 0.2) is 63.5 Å². The average Bonchev–Trinajstić information content (AvgIpc) is 3.53. The largest absolute Gasteiger partial charge is 0.497 e. The molecule has 3 aromatic rings. The van der Waals surface area contributed by atoms with E-state index in [1.54, 1.807) is 25.5 Å². The molecule has 0 unspecified atom stereocenters. The molecule has 37 heavy (non-hydrogen) atoms. The summed E-state index contributed by atoms with van der Waals surface area (Å²) in [6.45, 7) is 8.05. The van der Waals surface area contributed by atoms with Crippen LogP contribution >= 0.6 is 11.3 Å². The van der Waals surface area contributed by atoms with E-state index in [2.05, 4.69) is 35.0 Å². The van der Waals surface area contributed by atoms with Crippen LogP contribution in [0.4, 0.5) is 5.69 Å². The lowest BCUT2D eigenvalue weighted by molar-refractivity contribution is -0.139. The summed E-state index contributed by atoms with van der Waals surface area (Å²) in [6, 6.07) is 13.2. The van der Waals surface area contributed by atoms with Crippen LogP contribution in [0.3, 0.4) is 0 Å². The fraction of sp³-hybridized carbons (Fsp3) is 0.345. The molecule has 1 aromatic heterocycles. The van der Waals surface area contributed by atoms with Crippen LogP contribution in [-0.4, -0.2) is 37.3 Å². The van der Waals surface area contributed by atoms with Gasteiger partial charge in [0.1, 0.15) is 5.75 Å². The number of carbonyl (C=O) groups excluding carboxylic acids is 1. The minimum absolute atomic E-state index is 0.179. The first-order valence-electron chi connectivity index (χ1n) is 12.6. The van der Waals surface area contributed by atoms with Crippen LogP contribution in [0.5, 0.6) is 5.75 Å². The Labute approximate surface area is 220 Å². The number of ether oxygens (including phenoxy) is 2. The van der Waals surface area contributed by atoms with E-state index in [4.69, 9.17) is 9.47 Å². The number of esters is 1. The lowest BCUT2D eigenvalue weighted by Crippen LogP contribution is -2.39. The van der Waals surface area contributed by atoms with Crippen molar-refractivity contribution in [1.82, 2.24) is 4.57 Å². The number of carbonyl (C=O) groups is 1. The van der Waals surface area contributed by atoms with Crippen molar-refractivity contribution in [3.05, 3.63) is 90.1 Å². The van der Waals surface area contributed by atoms with Crippen molar-refractivity contribution in [2.45, 2.75) is 39.7 Å². The minimum Gasteiger partial charge on any atom is -0.497 e. The molecule has 3 heterocycles. The summed E-state index contributed by atoms with van der Waals surface area (Å²) in [5.74, 6) is 0.231. The Morgan fingerprint density at radius 3 is 2.51 bits per heavy atom. The number of nitrogens with zero attached hydrogens (tertiary/aromatic N) is 3. The van der Waals surface area contributed by atoms with E-state index in [-0.39, 0.29) is 12.2 Å². The summed E-state index contributed by atoms with van der Waals surface area (Å²) in [7, 11) is 1.60. The average molecular weight is 518 g/mol. The third-order valence-electron chi connectivity index (χ3n) is 6.96. The molecule has 2 aliphatic heterocycles. The third kappa shape index (κ3) is 4.73. The van der Waals surface area contributed by atoms with Crippen LogP contribution in [0.25, 0.3) is 6.08 Å². The number of anilines is 1. The zero-order valence-electron chi connectivity index (χ0n) is 21.6. The second-order valence-corrected chi connectivity index (χ2v) is 10.3. The fourth-order valence-corrected chi connectivity index (χ4v) is 6.07. The summed E-state index contributed by atoms with van der Waals surface area (Å²) in [6.07, 6.45) is 4.39. The summed E-state index contributed by atoms with van der Waals surface area (Å²) in [4.78, 5) is 34.5. The molecule has 0 aliphatic carbocycles. The fourth-order valence-electron chi connectivity index (χ4n) is 5.03. The molecular weight excluding hydrogens is 486 g/mol. The normalized spacial score (nSPS) is 17.6. The zero-order valence-corrected chi connectivity index (χ0v) is 22.4. The van der Waals surface area contributed by atoms with E-state index in [1.807, 2.05) is 30.3 Å². The maximum Gasteiger partial charge on any atom is 0.338 e. The van der Waals surface area contributed by atoms with Crippen molar-refractivity contribution in [3.63, 3.8) is 0 Å². The van der Waals surface area contributed by atoms with Crippen molar-refractivity contribution in [1.29, 1.82) is 0 Å². The molecule has 7 nitrogen and oxygen atoms in total. The Hall–Kier alpha value is -3.65. The number of aryl methyl sites for hydroxylation is 1. The number of fused-ring (bicyclic) bond motifs is 1. The highest BCUT2D eigenvalue weighted by molar-refractivity contribution is 7.07. The van der Waals surface area contributed by atoms with Gasteiger partial charge in [0.05, 0.1) is 35.6 Å². The van der Waals surface area contributed by atoms with Crippen LogP contribution < -0.4 is 24.5 Å². The lowest BCUT2D eigenvalue weighted by Gasteiger charge is -2.24. The van der Waals surface area contributed by atoms with Gasteiger partial charge in [0, 0.05) is 18.8 Å². The van der Waals surface area contributed by atoms with Gasteiger partial charge in [-0.1, -0.05) is 29.5 Å². The third-order valence-corrected chi connectivity index (χ3v) is 7.94. The van der Waals surface area contributed by atoms with E-state index in [0.29, 0.717) is 26.4 Å². The molecule has 2 aliphatic rings. The molecule has 0 bridgehead atoms. The summed E-state index contributed by atoms with van der Waals surface area (Å²) >= 11 is 1.34. The number of hydrogen-bond donors (Lipinski definition) is 0. The number of hydrogen-bond acceptors (Lipinski definition) is 7. The van der Waals surface area contributed by atoms with E-state index in [0.717, 1.165) is 29.8 Å². The van der Waals surface area contributed by atoms with Crippen molar-refractivity contribution < 1.29 is 14.3 Å². The Morgan fingerprint density at radius 1 is 1.14 bits per heavy atom. The summed E-state index contributed by atoms with van der Waals surface area (Å²) in [5.41, 5.74) is 4.87. The molecular formula is C29H31N3O4S. The first kappa shape index (κ1) is 25.0. The van der Waals surface area contributed by atoms with Crippen LogP contribution in [-0.2, 0) is 9.53 Å². The topological polar surface area (TPSA) is 73.1 Å². The van der Waals surface area contributed by atoms with Gasteiger partial charge in [-0.3, -0.25) is 9.36 Å². The summed E-state index contributed by atoms with van der Waals surface area (Å²) < 4.78 is 12.9. The molecule has 192 valence electrons.